The van der Waals surface area contributed by atoms with Crippen LogP contribution in [0.3, 0.4) is 0 Å². The highest BCUT2D eigenvalue weighted by Gasteiger charge is 1.98. The van der Waals surface area contributed by atoms with Crippen LogP contribution in [0.25, 0.3) is 0 Å². The molecule has 11 heavy (non-hydrogen) atoms. The van der Waals surface area contributed by atoms with Crippen LogP contribution >= 0.6 is 11.8 Å². The summed E-state index contributed by atoms with van der Waals surface area (Å²) in [4.78, 5) is 14.2. The molecule has 0 fully saturated rings. The van der Waals surface area contributed by atoms with Gasteiger partial charge in [-0.3, -0.25) is 4.79 Å². The normalized spacial score (nSPS) is 9.91. The number of hydrogen-bond donors (Lipinski definition) is 0. The number of aldehydes is 1. The summed E-state index contributed by atoms with van der Waals surface area (Å²) in [5.74, 6) is 1.52. The Hall–Kier alpha value is -0.770. The number of imidazole rings is 1. The summed E-state index contributed by atoms with van der Waals surface area (Å²) in [5.41, 5.74) is 0. The molecule has 0 saturated carbocycles. The van der Waals surface area contributed by atoms with E-state index < -0.39 is 0 Å². The fraction of sp³-hybridized carbons (Fsp3) is 0.429. The fourth-order valence-corrected chi connectivity index (χ4v) is 1.20. The molecule has 60 valence electrons. The van der Waals surface area contributed by atoms with E-state index in [1.54, 1.807) is 18.0 Å². The standard InChI is InChI=1S/C7H10N2OS/c1-11-5-4-9-3-2-8-7(9)6-10/h2-3,6H,4-5H2,1H3. The number of aromatic nitrogens is 2. The first-order valence-corrected chi connectivity index (χ1v) is 4.73. The van der Waals surface area contributed by atoms with Gasteiger partial charge in [0, 0.05) is 24.7 Å². The van der Waals surface area contributed by atoms with Crippen molar-refractivity contribution in [1.29, 1.82) is 0 Å². The van der Waals surface area contributed by atoms with Gasteiger partial charge in [-0.05, 0) is 6.26 Å². The van der Waals surface area contributed by atoms with E-state index in [0.29, 0.717) is 5.82 Å². The molecule has 4 heteroatoms. The van der Waals surface area contributed by atoms with E-state index in [2.05, 4.69) is 4.98 Å². The lowest BCUT2D eigenvalue weighted by atomic mass is 10.6. The molecule has 1 rings (SSSR count). The van der Waals surface area contributed by atoms with E-state index in [9.17, 15) is 4.79 Å². The van der Waals surface area contributed by atoms with Crippen LogP contribution in [0.4, 0.5) is 0 Å². The maximum absolute atomic E-state index is 10.4. The zero-order valence-electron chi connectivity index (χ0n) is 6.36. The van der Waals surface area contributed by atoms with Crippen molar-refractivity contribution in [3.8, 4) is 0 Å². The van der Waals surface area contributed by atoms with Crippen LogP contribution < -0.4 is 0 Å². The van der Waals surface area contributed by atoms with Crippen molar-refractivity contribution < 1.29 is 4.79 Å². The Labute approximate surface area is 69.8 Å². The molecule has 0 atom stereocenters. The molecule has 0 saturated heterocycles. The van der Waals surface area contributed by atoms with Gasteiger partial charge in [0.05, 0.1) is 0 Å². The third-order valence-corrected chi connectivity index (χ3v) is 1.98. The molecule has 1 heterocycles. The molecular weight excluding hydrogens is 160 g/mol. The number of aryl methyl sites for hydroxylation is 1. The first kappa shape index (κ1) is 8.33. The first-order chi connectivity index (χ1) is 5.38. The van der Waals surface area contributed by atoms with Gasteiger partial charge in [-0.25, -0.2) is 4.98 Å². The lowest BCUT2D eigenvalue weighted by Gasteiger charge is -2.00. The number of thioether (sulfide) groups is 1. The van der Waals surface area contributed by atoms with Gasteiger partial charge in [-0.2, -0.15) is 11.8 Å². The van der Waals surface area contributed by atoms with Gasteiger partial charge in [0.1, 0.15) is 0 Å². The van der Waals surface area contributed by atoms with Crippen molar-refractivity contribution in [2.45, 2.75) is 6.54 Å². The third kappa shape index (κ3) is 2.08. The molecule has 1 aromatic heterocycles. The SMILES string of the molecule is CSCCn1ccnc1C=O. The predicted molar refractivity (Wildman–Crippen MR) is 46.0 cm³/mol. The summed E-state index contributed by atoms with van der Waals surface area (Å²) < 4.78 is 1.85. The highest BCUT2D eigenvalue weighted by Crippen LogP contribution is 1.98. The maximum Gasteiger partial charge on any atom is 0.185 e. The summed E-state index contributed by atoms with van der Waals surface area (Å²) in [6.45, 7) is 0.856. The minimum Gasteiger partial charge on any atom is -0.328 e. The lowest BCUT2D eigenvalue weighted by molar-refractivity contribution is 0.111. The number of carbonyl (C=O) groups excluding carboxylic acids is 1. The van der Waals surface area contributed by atoms with Gasteiger partial charge < -0.3 is 4.57 Å². The second-order valence-electron chi connectivity index (χ2n) is 2.09. The van der Waals surface area contributed by atoms with Gasteiger partial charge >= 0.3 is 0 Å². The zero-order chi connectivity index (χ0) is 8.10. The van der Waals surface area contributed by atoms with Gasteiger partial charge in [-0.1, -0.05) is 0 Å². The minimum absolute atomic E-state index is 0.513. The van der Waals surface area contributed by atoms with E-state index in [1.807, 2.05) is 17.0 Å². The molecule has 0 aliphatic rings. The van der Waals surface area contributed by atoms with E-state index in [-0.39, 0.29) is 0 Å². The average Bonchev–Trinajstić information content (AvgIpc) is 2.47. The van der Waals surface area contributed by atoms with E-state index in [1.165, 1.54) is 0 Å². The molecule has 0 aromatic carbocycles. The number of hydrogen-bond acceptors (Lipinski definition) is 3. The van der Waals surface area contributed by atoms with Gasteiger partial charge in [0.2, 0.25) is 0 Å². The van der Waals surface area contributed by atoms with Crippen molar-refractivity contribution in [3.05, 3.63) is 18.2 Å². The molecule has 0 unspecified atom stereocenters. The van der Waals surface area contributed by atoms with Crippen LogP contribution in [0.1, 0.15) is 10.6 Å². The highest BCUT2D eigenvalue weighted by atomic mass is 32.2. The van der Waals surface area contributed by atoms with Crippen LogP contribution in [0, 0.1) is 0 Å². The van der Waals surface area contributed by atoms with Crippen molar-refractivity contribution in [3.63, 3.8) is 0 Å². The van der Waals surface area contributed by atoms with Crippen LogP contribution in [-0.4, -0.2) is 27.8 Å². The average molecular weight is 170 g/mol. The monoisotopic (exact) mass is 170 g/mol. The number of rotatable bonds is 4. The number of carbonyl (C=O) groups is 1. The second-order valence-corrected chi connectivity index (χ2v) is 3.08. The van der Waals surface area contributed by atoms with Crippen LogP contribution in [0.15, 0.2) is 12.4 Å². The molecule has 0 radical (unpaired) electrons. The van der Waals surface area contributed by atoms with E-state index in [0.717, 1.165) is 18.6 Å². The summed E-state index contributed by atoms with van der Waals surface area (Å²) in [7, 11) is 0. The quantitative estimate of drug-likeness (QED) is 0.634. The lowest BCUT2D eigenvalue weighted by Crippen LogP contribution is -2.03. The Bertz CT molecular complexity index is 234. The Morgan fingerprint density at radius 1 is 1.82 bits per heavy atom. The first-order valence-electron chi connectivity index (χ1n) is 3.33. The summed E-state index contributed by atoms with van der Waals surface area (Å²) in [6.07, 6.45) is 6.28. The molecule has 0 amide bonds. The fourth-order valence-electron chi connectivity index (χ4n) is 0.818. The van der Waals surface area contributed by atoms with Crippen molar-refractivity contribution in [2.75, 3.05) is 12.0 Å². The van der Waals surface area contributed by atoms with Crippen molar-refractivity contribution >= 4 is 18.0 Å². The predicted octanol–water partition coefficient (Wildman–Crippen LogP) is 1.06. The van der Waals surface area contributed by atoms with E-state index in [4.69, 9.17) is 0 Å². The Morgan fingerprint density at radius 3 is 3.27 bits per heavy atom. The summed E-state index contributed by atoms with van der Waals surface area (Å²) >= 11 is 1.75. The third-order valence-electron chi connectivity index (χ3n) is 1.39. The molecule has 0 N–H and O–H groups in total. The molecule has 0 bridgehead atoms. The molecular formula is C7H10N2OS. The summed E-state index contributed by atoms with van der Waals surface area (Å²) in [6, 6.07) is 0. The minimum atomic E-state index is 0.513. The zero-order valence-corrected chi connectivity index (χ0v) is 7.17. The molecule has 3 nitrogen and oxygen atoms in total. The van der Waals surface area contributed by atoms with Crippen molar-refractivity contribution in [1.82, 2.24) is 9.55 Å². The van der Waals surface area contributed by atoms with Gasteiger partial charge in [0.25, 0.3) is 0 Å². The Morgan fingerprint density at radius 2 is 2.64 bits per heavy atom. The Balaban J connectivity index is 2.61. The molecule has 0 spiro atoms. The molecule has 1 aromatic rings. The van der Waals surface area contributed by atoms with Crippen LogP contribution in [0.2, 0.25) is 0 Å². The maximum atomic E-state index is 10.4. The van der Waals surface area contributed by atoms with Crippen LogP contribution in [0.5, 0.6) is 0 Å². The second kappa shape index (κ2) is 4.18. The van der Waals surface area contributed by atoms with Gasteiger partial charge in [0.15, 0.2) is 12.1 Å². The highest BCUT2D eigenvalue weighted by molar-refractivity contribution is 7.98. The van der Waals surface area contributed by atoms with Crippen molar-refractivity contribution in [2.24, 2.45) is 0 Å². The largest absolute Gasteiger partial charge is 0.328 e. The summed E-state index contributed by atoms with van der Waals surface area (Å²) in [5, 5.41) is 0. The van der Waals surface area contributed by atoms with E-state index >= 15 is 0 Å². The topological polar surface area (TPSA) is 34.9 Å². The number of nitrogens with zero attached hydrogens (tertiary/aromatic N) is 2. The van der Waals surface area contributed by atoms with Crippen LogP contribution in [-0.2, 0) is 6.54 Å². The van der Waals surface area contributed by atoms with Gasteiger partial charge in [-0.15, -0.1) is 0 Å². The molecule has 0 aliphatic carbocycles. The molecule has 0 aliphatic heterocycles. The smallest absolute Gasteiger partial charge is 0.185 e. The Kier molecular flexibility index (Phi) is 3.16.